The number of nitrogens with one attached hydrogen (secondary N) is 2. The molecule has 112 valence electrons. The monoisotopic (exact) mass is 287 g/mol. The van der Waals surface area contributed by atoms with Gasteiger partial charge in [0, 0.05) is 18.3 Å². The fourth-order valence-corrected chi connectivity index (χ4v) is 1.90. The lowest BCUT2D eigenvalue weighted by molar-refractivity contribution is 0.0920. The van der Waals surface area contributed by atoms with Gasteiger partial charge in [-0.25, -0.2) is 4.98 Å². The first-order valence-corrected chi connectivity index (χ1v) is 6.85. The van der Waals surface area contributed by atoms with Gasteiger partial charge in [-0.1, -0.05) is 12.1 Å². The van der Waals surface area contributed by atoms with Crippen molar-refractivity contribution in [3.8, 4) is 0 Å². The molecule has 1 aromatic heterocycles. The van der Waals surface area contributed by atoms with Gasteiger partial charge in [-0.3, -0.25) is 9.48 Å². The summed E-state index contributed by atoms with van der Waals surface area (Å²) in [6.07, 6.45) is 1.51. The fraction of sp³-hybridized carbons (Fsp3) is 0.400. The third-order valence-electron chi connectivity index (χ3n) is 2.90. The van der Waals surface area contributed by atoms with Crippen LogP contribution < -0.4 is 10.6 Å². The van der Waals surface area contributed by atoms with Gasteiger partial charge in [0.25, 0.3) is 5.91 Å². The lowest BCUT2D eigenvalue weighted by Gasteiger charge is -2.21. The molecular formula is C15H21N5O. The molecule has 0 unspecified atom stereocenters. The van der Waals surface area contributed by atoms with Crippen LogP contribution >= 0.6 is 0 Å². The minimum absolute atomic E-state index is 0.0939. The molecule has 21 heavy (non-hydrogen) atoms. The largest absolute Gasteiger partial charge is 0.377 e. The highest BCUT2D eigenvalue weighted by atomic mass is 16.1. The quantitative estimate of drug-likeness (QED) is 0.901. The summed E-state index contributed by atoms with van der Waals surface area (Å²) in [6, 6.07) is 7.44. The van der Waals surface area contributed by atoms with E-state index in [-0.39, 0.29) is 11.4 Å². The van der Waals surface area contributed by atoms with Crippen molar-refractivity contribution < 1.29 is 4.79 Å². The van der Waals surface area contributed by atoms with Crippen LogP contribution in [0.5, 0.6) is 0 Å². The molecule has 1 amide bonds. The first kappa shape index (κ1) is 15.0. The van der Waals surface area contributed by atoms with E-state index in [2.05, 4.69) is 20.7 Å². The Morgan fingerprint density at radius 1 is 1.29 bits per heavy atom. The van der Waals surface area contributed by atoms with Crippen molar-refractivity contribution in [2.24, 2.45) is 7.05 Å². The van der Waals surface area contributed by atoms with Crippen LogP contribution in [0.4, 0.5) is 5.69 Å². The Morgan fingerprint density at radius 2 is 2.00 bits per heavy atom. The molecule has 6 heteroatoms. The number of para-hydroxylation sites is 1. The van der Waals surface area contributed by atoms with Gasteiger partial charge in [-0.05, 0) is 32.9 Å². The molecule has 0 bridgehead atoms. The van der Waals surface area contributed by atoms with Gasteiger partial charge in [0.05, 0.1) is 12.1 Å². The number of rotatable bonds is 4. The van der Waals surface area contributed by atoms with Gasteiger partial charge in [-0.2, -0.15) is 5.10 Å². The Labute approximate surface area is 124 Å². The van der Waals surface area contributed by atoms with E-state index >= 15 is 0 Å². The van der Waals surface area contributed by atoms with Crippen molar-refractivity contribution in [1.82, 2.24) is 20.1 Å². The third kappa shape index (κ3) is 4.05. The molecule has 2 N–H and O–H groups in total. The van der Waals surface area contributed by atoms with Crippen LogP contribution in [0.2, 0.25) is 0 Å². The van der Waals surface area contributed by atoms with E-state index < -0.39 is 0 Å². The number of nitrogens with zero attached hydrogens (tertiary/aromatic N) is 3. The van der Waals surface area contributed by atoms with Crippen LogP contribution in [0, 0.1) is 0 Å². The second-order valence-corrected chi connectivity index (χ2v) is 5.90. The number of hydrogen-bond donors (Lipinski definition) is 2. The Kier molecular flexibility index (Phi) is 4.26. The van der Waals surface area contributed by atoms with Gasteiger partial charge in [-0.15, -0.1) is 0 Å². The zero-order chi connectivity index (χ0) is 15.5. The molecule has 0 atom stereocenters. The van der Waals surface area contributed by atoms with Gasteiger partial charge >= 0.3 is 0 Å². The maximum atomic E-state index is 12.3. The Morgan fingerprint density at radius 3 is 2.62 bits per heavy atom. The molecule has 0 spiro atoms. The van der Waals surface area contributed by atoms with Gasteiger partial charge in [0.15, 0.2) is 0 Å². The number of anilines is 1. The summed E-state index contributed by atoms with van der Waals surface area (Å²) in [6.45, 7) is 6.39. The number of aromatic nitrogens is 3. The van der Waals surface area contributed by atoms with Crippen LogP contribution in [-0.4, -0.2) is 26.2 Å². The Bertz CT molecular complexity index is 627. The summed E-state index contributed by atoms with van der Waals surface area (Å²) in [7, 11) is 1.84. The Hall–Kier alpha value is -2.37. The lowest BCUT2D eigenvalue weighted by Crippen LogP contribution is -2.40. The summed E-state index contributed by atoms with van der Waals surface area (Å²) in [4.78, 5) is 16.5. The molecule has 1 heterocycles. The molecule has 0 radical (unpaired) electrons. The standard InChI is InChI=1S/C15H21N5O/c1-15(2,3)19-14(21)11-7-5-6-8-12(11)16-9-13-17-10-18-20(13)4/h5-8,10,16H,9H2,1-4H3,(H,19,21). The molecule has 0 aliphatic heterocycles. The van der Waals surface area contributed by atoms with Gasteiger partial charge in [0.1, 0.15) is 12.2 Å². The number of benzene rings is 1. The number of carbonyl (C=O) groups excluding carboxylic acids is 1. The van der Waals surface area contributed by atoms with Crippen LogP contribution in [0.3, 0.4) is 0 Å². The SMILES string of the molecule is Cn1ncnc1CNc1ccccc1C(=O)NC(C)(C)C. The van der Waals surface area contributed by atoms with E-state index in [0.717, 1.165) is 11.5 Å². The van der Waals surface area contributed by atoms with Gasteiger partial charge < -0.3 is 10.6 Å². The number of aryl methyl sites for hydroxylation is 1. The lowest BCUT2D eigenvalue weighted by atomic mass is 10.1. The van der Waals surface area contributed by atoms with Gasteiger partial charge in [0.2, 0.25) is 0 Å². The first-order chi connectivity index (χ1) is 9.87. The number of carbonyl (C=O) groups is 1. The smallest absolute Gasteiger partial charge is 0.253 e. The van der Waals surface area contributed by atoms with E-state index in [9.17, 15) is 4.79 Å². The molecule has 0 aliphatic rings. The van der Waals surface area contributed by atoms with Crippen LogP contribution in [0.1, 0.15) is 37.0 Å². The molecule has 2 rings (SSSR count). The molecule has 1 aromatic carbocycles. The molecule has 0 aliphatic carbocycles. The summed E-state index contributed by atoms with van der Waals surface area (Å²) in [5, 5.41) is 10.2. The second-order valence-electron chi connectivity index (χ2n) is 5.90. The van der Waals surface area contributed by atoms with E-state index in [1.54, 1.807) is 10.7 Å². The fourth-order valence-electron chi connectivity index (χ4n) is 1.90. The molecular weight excluding hydrogens is 266 g/mol. The van der Waals surface area contributed by atoms with Crippen molar-refractivity contribution >= 4 is 11.6 Å². The number of hydrogen-bond acceptors (Lipinski definition) is 4. The van der Waals surface area contributed by atoms with E-state index in [1.165, 1.54) is 6.33 Å². The average molecular weight is 287 g/mol. The first-order valence-electron chi connectivity index (χ1n) is 6.85. The van der Waals surface area contributed by atoms with Crippen molar-refractivity contribution in [2.45, 2.75) is 32.9 Å². The van der Waals surface area contributed by atoms with Crippen LogP contribution in [-0.2, 0) is 13.6 Å². The maximum Gasteiger partial charge on any atom is 0.253 e. The zero-order valence-corrected chi connectivity index (χ0v) is 12.8. The highest BCUT2D eigenvalue weighted by Gasteiger charge is 2.17. The summed E-state index contributed by atoms with van der Waals surface area (Å²) in [5.41, 5.74) is 1.13. The zero-order valence-electron chi connectivity index (χ0n) is 12.8. The van der Waals surface area contributed by atoms with Crippen LogP contribution in [0.25, 0.3) is 0 Å². The highest BCUT2D eigenvalue weighted by molar-refractivity contribution is 5.99. The molecule has 0 fully saturated rings. The average Bonchev–Trinajstić information content (AvgIpc) is 2.80. The predicted octanol–water partition coefficient (Wildman–Crippen LogP) is 1.96. The summed E-state index contributed by atoms with van der Waals surface area (Å²) >= 11 is 0. The van der Waals surface area contributed by atoms with Crippen molar-refractivity contribution in [3.63, 3.8) is 0 Å². The van der Waals surface area contributed by atoms with E-state index in [0.29, 0.717) is 12.1 Å². The second kappa shape index (κ2) is 5.95. The summed E-state index contributed by atoms with van der Waals surface area (Å²) in [5.74, 6) is 0.713. The predicted molar refractivity (Wildman–Crippen MR) is 82.0 cm³/mol. The highest BCUT2D eigenvalue weighted by Crippen LogP contribution is 2.16. The summed E-state index contributed by atoms with van der Waals surface area (Å²) < 4.78 is 1.70. The molecule has 6 nitrogen and oxygen atoms in total. The molecule has 2 aromatic rings. The third-order valence-corrected chi connectivity index (χ3v) is 2.90. The van der Waals surface area contributed by atoms with Crippen LogP contribution in [0.15, 0.2) is 30.6 Å². The number of amides is 1. The topological polar surface area (TPSA) is 71.8 Å². The van der Waals surface area contributed by atoms with Crippen molar-refractivity contribution in [2.75, 3.05) is 5.32 Å². The van der Waals surface area contributed by atoms with E-state index in [4.69, 9.17) is 0 Å². The molecule has 0 saturated carbocycles. The van der Waals surface area contributed by atoms with Crippen molar-refractivity contribution in [1.29, 1.82) is 0 Å². The Balaban J connectivity index is 2.13. The normalized spacial score (nSPS) is 11.2. The molecule has 0 saturated heterocycles. The van der Waals surface area contributed by atoms with Crippen molar-refractivity contribution in [3.05, 3.63) is 42.0 Å². The minimum Gasteiger partial charge on any atom is -0.377 e. The van der Waals surface area contributed by atoms with E-state index in [1.807, 2.05) is 46.0 Å². The maximum absolute atomic E-state index is 12.3. The minimum atomic E-state index is -0.270.